The molecule has 0 amide bonds. The van der Waals surface area contributed by atoms with Crippen molar-refractivity contribution in [3.8, 4) is 0 Å². The lowest BCUT2D eigenvalue weighted by molar-refractivity contribution is 0.376. The van der Waals surface area contributed by atoms with E-state index in [1.807, 2.05) is 6.07 Å². The third-order valence-corrected chi connectivity index (χ3v) is 3.68. The van der Waals surface area contributed by atoms with Gasteiger partial charge in [-0.2, -0.15) is 0 Å². The Kier molecular flexibility index (Phi) is 2.63. The van der Waals surface area contributed by atoms with Crippen LogP contribution in [0.3, 0.4) is 0 Å². The van der Waals surface area contributed by atoms with Gasteiger partial charge in [0.2, 0.25) is 0 Å². The molecule has 1 aliphatic rings. The summed E-state index contributed by atoms with van der Waals surface area (Å²) in [7, 11) is 0. The predicted molar refractivity (Wildman–Crippen MR) is 73.5 cm³/mol. The molecule has 106 valence electrons. The quantitative estimate of drug-likeness (QED) is 0.741. The second kappa shape index (κ2) is 4.51. The first kappa shape index (κ1) is 12.3. The first-order chi connectivity index (χ1) is 10.2. The van der Waals surface area contributed by atoms with Crippen molar-refractivity contribution in [1.29, 1.82) is 0 Å². The minimum Gasteiger partial charge on any atom is -0.361 e. The van der Waals surface area contributed by atoms with Crippen molar-refractivity contribution >= 4 is 10.9 Å². The predicted octanol–water partition coefficient (Wildman–Crippen LogP) is 2.45. The van der Waals surface area contributed by atoms with Crippen molar-refractivity contribution in [2.24, 2.45) is 0 Å². The Balaban J connectivity index is 1.70. The van der Waals surface area contributed by atoms with Gasteiger partial charge in [-0.3, -0.25) is 9.36 Å². The van der Waals surface area contributed by atoms with E-state index in [-0.39, 0.29) is 5.56 Å². The molecule has 2 heterocycles. The molecular weight excluding hydrogens is 273 g/mol. The maximum atomic E-state index is 13.1. The molecule has 1 aromatic carbocycles. The molecule has 0 aliphatic heterocycles. The summed E-state index contributed by atoms with van der Waals surface area (Å²) < 4.78 is 19.9. The van der Waals surface area contributed by atoms with Gasteiger partial charge in [0.15, 0.2) is 0 Å². The number of fused-ring (bicyclic) bond motifs is 1. The number of aromatic nitrogens is 3. The average Bonchev–Trinajstić information content (AvgIpc) is 3.22. The smallest absolute Gasteiger partial charge is 0.261 e. The largest absolute Gasteiger partial charge is 0.361 e. The van der Waals surface area contributed by atoms with E-state index >= 15 is 0 Å². The van der Waals surface area contributed by atoms with E-state index in [0.717, 1.165) is 18.6 Å². The lowest BCUT2D eigenvalue weighted by atomic mass is 10.2. The molecule has 2 aromatic heterocycles. The molecule has 0 unspecified atom stereocenters. The van der Waals surface area contributed by atoms with Crippen LogP contribution in [0.4, 0.5) is 4.39 Å². The number of benzene rings is 1. The standard InChI is InChI=1S/C15H12FN3O2/c16-10-3-4-12-13(5-10)17-8-19(15(12)20)7-11-6-14(21-18-11)9-1-2-9/h3-6,8-9H,1-2,7H2. The van der Waals surface area contributed by atoms with E-state index in [4.69, 9.17) is 4.52 Å². The molecule has 0 radical (unpaired) electrons. The van der Waals surface area contributed by atoms with Gasteiger partial charge < -0.3 is 4.52 Å². The average molecular weight is 285 g/mol. The van der Waals surface area contributed by atoms with Crippen LogP contribution in [-0.4, -0.2) is 14.7 Å². The molecule has 1 aliphatic carbocycles. The Hall–Kier alpha value is -2.50. The first-order valence-electron chi connectivity index (χ1n) is 6.81. The zero-order valence-electron chi connectivity index (χ0n) is 11.1. The van der Waals surface area contributed by atoms with Crippen LogP contribution in [-0.2, 0) is 6.54 Å². The molecule has 0 spiro atoms. The van der Waals surface area contributed by atoms with Crippen molar-refractivity contribution < 1.29 is 8.91 Å². The summed E-state index contributed by atoms with van der Waals surface area (Å²) >= 11 is 0. The van der Waals surface area contributed by atoms with Crippen LogP contribution in [0.5, 0.6) is 0 Å². The van der Waals surface area contributed by atoms with Crippen molar-refractivity contribution in [3.63, 3.8) is 0 Å². The van der Waals surface area contributed by atoms with Gasteiger partial charge in [0.25, 0.3) is 5.56 Å². The second-order valence-corrected chi connectivity index (χ2v) is 5.33. The molecule has 1 fully saturated rings. The highest BCUT2D eigenvalue weighted by Gasteiger charge is 2.27. The SMILES string of the molecule is O=c1c2ccc(F)cc2ncn1Cc1cc(C2CC2)on1. The van der Waals surface area contributed by atoms with Crippen molar-refractivity contribution in [3.05, 3.63) is 58.2 Å². The van der Waals surface area contributed by atoms with E-state index in [1.165, 1.54) is 29.1 Å². The topological polar surface area (TPSA) is 60.9 Å². The van der Waals surface area contributed by atoms with Crippen LogP contribution in [0.25, 0.3) is 10.9 Å². The Morgan fingerprint density at radius 3 is 3.00 bits per heavy atom. The van der Waals surface area contributed by atoms with Gasteiger partial charge in [-0.05, 0) is 25.0 Å². The molecule has 4 rings (SSSR count). The third-order valence-electron chi connectivity index (χ3n) is 3.68. The van der Waals surface area contributed by atoms with Crippen LogP contribution in [0.15, 0.2) is 39.9 Å². The van der Waals surface area contributed by atoms with E-state index in [1.54, 1.807) is 0 Å². The lowest BCUT2D eigenvalue weighted by Crippen LogP contribution is -2.21. The Morgan fingerprint density at radius 1 is 1.33 bits per heavy atom. The molecular formula is C15H12FN3O2. The van der Waals surface area contributed by atoms with Crippen molar-refractivity contribution in [1.82, 2.24) is 14.7 Å². The fraction of sp³-hybridized carbons (Fsp3) is 0.267. The normalized spacial score (nSPS) is 14.7. The van der Waals surface area contributed by atoms with E-state index in [2.05, 4.69) is 10.1 Å². The fourth-order valence-corrected chi connectivity index (χ4v) is 2.38. The summed E-state index contributed by atoms with van der Waals surface area (Å²) in [5.41, 5.74) is 0.841. The van der Waals surface area contributed by atoms with Crippen LogP contribution in [0, 0.1) is 5.82 Å². The molecule has 0 bridgehead atoms. The monoisotopic (exact) mass is 285 g/mol. The molecule has 0 saturated heterocycles. The van der Waals surface area contributed by atoms with Gasteiger partial charge in [0, 0.05) is 18.1 Å². The molecule has 0 atom stereocenters. The minimum atomic E-state index is -0.405. The minimum absolute atomic E-state index is 0.212. The number of hydrogen-bond donors (Lipinski definition) is 0. The number of hydrogen-bond acceptors (Lipinski definition) is 4. The van der Waals surface area contributed by atoms with Gasteiger partial charge in [-0.1, -0.05) is 5.16 Å². The van der Waals surface area contributed by atoms with Gasteiger partial charge in [-0.15, -0.1) is 0 Å². The molecule has 3 aromatic rings. The maximum absolute atomic E-state index is 13.1. The highest BCUT2D eigenvalue weighted by atomic mass is 19.1. The number of halogens is 1. The van der Waals surface area contributed by atoms with Crippen molar-refractivity contribution in [2.45, 2.75) is 25.3 Å². The Bertz CT molecular complexity index is 880. The van der Waals surface area contributed by atoms with E-state index < -0.39 is 5.82 Å². The van der Waals surface area contributed by atoms with E-state index in [9.17, 15) is 9.18 Å². The van der Waals surface area contributed by atoms with Gasteiger partial charge in [-0.25, -0.2) is 9.37 Å². The molecule has 5 nitrogen and oxygen atoms in total. The van der Waals surface area contributed by atoms with Gasteiger partial charge in [0.1, 0.15) is 17.3 Å². The van der Waals surface area contributed by atoms with Crippen LogP contribution in [0.2, 0.25) is 0 Å². The zero-order valence-corrected chi connectivity index (χ0v) is 11.1. The molecule has 1 saturated carbocycles. The Labute approximate surface area is 119 Å². The third kappa shape index (κ3) is 2.22. The first-order valence-corrected chi connectivity index (χ1v) is 6.81. The highest BCUT2D eigenvalue weighted by molar-refractivity contribution is 5.77. The number of nitrogens with zero attached hydrogens (tertiary/aromatic N) is 3. The summed E-state index contributed by atoms with van der Waals surface area (Å²) in [6.45, 7) is 0.301. The van der Waals surface area contributed by atoms with Gasteiger partial charge >= 0.3 is 0 Å². The lowest BCUT2D eigenvalue weighted by Gasteiger charge is -2.04. The molecule has 0 N–H and O–H groups in total. The second-order valence-electron chi connectivity index (χ2n) is 5.33. The fourth-order valence-electron chi connectivity index (χ4n) is 2.38. The van der Waals surface area contributed by atoms with E-state index in [0.29, 0.717) is 29.1 Å². The summed E-state index contributed by atoms with van der Waals surface area (Å²) in [6.07, 6.45) is 3.69. The summed E-state index contributed by atoms with van der Waals surface area (Å²) in [5, 5.41) is 4.38. The summed E-state index contributed by atoms with van der Waals surface area (Å²) in [4.78, 5) is 16.5. The Morgan fingerprint density at radius 2 is 2.19 bits per heavy atom. The van der Waals surface area contributed by atoms with Crippen LogP contribution in [0.1, 0.15) is 30.2 Å². The maximum Gasteiger partial charge on any atom is 0.261 e. The summed E-state index contributed by atoms with van der Waals surface area (Å²) in [5.74, 6) is 0.965. The van der Waals surface area contributed by atoms with Crippen molar-refractivity contribution in [2.75, 3.05) is 0 Å². The zero-order chi connectivity index (χ0) is 14.4. The van der Waals surface area contributed by atoms with Crippen LogP contribution < -0.4 is 5.56 Å². The van der Waals surface area contributed by atoms with Gasteiger partial charge in [0.05, 0.1) is 23.8 Å². The molecule has 6 heteroatoms. The summed E-state index contributed by atoms with van der Waals surface area (Å²) in [6, 6.07) is 5.85. The highest BCUT2D eigenvalue weighted by Crippen LogP contribution is 2.40. The molecule has 21 heavy (non-hydrogen) atoms. The van der Waals surface area contributed by atoms with Crippen LogP contribution >= 0.6 is 0 Å². The number of rotatable bonds is 3.